The van der Waals surface area contributed by atoms with Crippen LogP contribution in [0.4, 0.5) is 4.39 Å². The molecule has 2 aromatic rings. The molecule has 1 aromatic heterocycles. The third-order valence-corrected chi connectivity index (χ3v) is 5.98. The first-order valence-corrected chi connectivity index (χ1v) is 11.1. The van der Waals surface area contributed by atoms with Crippen LogP contribution in [0.25, 0.3) is 0 Å². The van der Waals surface area contributed by atoms with E-state index in [2.05, 4.69) is 28.2 Å². The van der Waals surface area contributed by atoms with Crippen molar-refractivity contribution in [3.8, 4) is 0 Å². The fraction of sp³-hybridized carbons (Fsp3) is 0.348. The van der Waals surface area contributed by atoms with E-state index in [9.17, 15) is 9.18 Å². The van der Waals surface area contributed by atoms with Crippen molar-refractivity contribution in [3.05, 3.63) is 77.9 Å². The highest BCUT2D eigenvalue weighted by atomic mass is 32.2. The second-order valence-electron chi connectivity index (χ2n) is 7.12. The minimum Gasteiger partial charge on any atom is -0.377 e. The molecule has 1 unspecified atom stereocenters. The second-order valence-corrected chi connectivity index (χ2v) is 8.06. The van der Waals surface area contributed by atoms with Crippen LogP contribution in [0, 0.1) is 5.82 Å². The fourth-order valence-corrected chi connectivity index (χ4v) is 4.16. The zero-order valence-electron chi connectivity index (χ0n) is 17.6. The first-order chi connectivity index (χ1) is 15.1. The second kappa shape index (κ2) is 11.6. The molecular weight excluding hydrogens is 415 g/mol. The van der Waals surface area contributed by atoms with Gasteiger partial charge in [0.1, 0.15) is 11.6 Å². The molecule has 0 fully saturated rings. The molecule has 0 saturated heterocycles. The van der Waals surface area contributed by atoms with Crippen molar-refractivity contribution in [2.75, 3.05) is 13.7 Å². The molecule has 1 heterocycles. The van der Waals surface area contributed by atoms with Crippen molar-refractivity contribution in [1.82, 2.24) is 20.1 Å². The Balaban J connectivity index is 1.54. The van der Waals surface area contributed by atoms with Gasteiger partial charge in [0.15, 0.2) is 5.16 Å². The maximum atomic E-state index is 13.1. The molecule has 0 spiro atoms. The number of carbonyl (C=O) groups is 1. The summed E-state index contributed by atoms with van der Waals surface area (Å²) in [5.74, 6) is 1.10. The van der Waals surface area contributed by atoms with Crippen LogP contribution in [0.5, 0.6) is 0 Å². The number of hydrogen-bond acceptors (Lipinski definition) is 5. The van der Waals surface area contributed by atoms with Gasteiger partial charge in [0.2, 0.25) is 5.91 Å². The Labute approximate surface area is 186 Å². The molecule has 3 rings (SSSR count). The van der Waals surface area contributed by atoms with E-state index >= 15 is 0 Å². The topological polar surface area (TPSA) is 69.0 Å². The van der Waals surface area contributed by atoms with Crippen molar-refractivity contribution in [3.63, 3.8) is 0 Å². The van der Waals surface area contributed by atoms with Crippen LogP contribution in [0.3, 0.4) is 0 Å². The van der Waals surface area contributed by atoms with Crippen molar-refractivity contribution in [2.45, 2.75) is 42.8 Å². The Kier molecular flexibility index (Phi) is 8.61. The lowest BCUT2D eigenvalue weighted by Gasteiger charge is -2.20. The molecule has 1 atom stereocenters. The maximum absolute atomic E-state index is 13.1. The quantitative estimate of drug-likeness (QED) is 0.423. The van der Waals surface area contributed by atoms with Crippen LogP contribution < -0.4 is 5.32 Å². The number of rotatable bonds is 11. The molecule has 1 aromatic carbocycles. The number of aromatic nitrogens is 3. The van der Waals surface area contributed by atoms with Crippen molar-refractivity contribution >= 4 is 17.7 Å². The molecule has 1 N–H and O–H groups in total. The summed E-state index contributed by atoms with van der Waals surface area (Å²) in [7, 11) is 1.68. The number of aryl methyl sites for hydroxylation is 1. The number of hydrogen-bond donors (Lipinski definition) is 1. The Morgan fingerprint density at radius 3 is 2.94 bits per heavy atom. The van der Waals surface area contributed by atoms with E-state index in [1.807, 2.05) is 16.7 Å². The summed E-state index contributed by atoms with van der Waals surface area (Å²) >= 11 is 1.52. The zero-order valence-corrected chi connectivity index (χ0v) is 18.4. The molecular formula is C23H27FN4O2S. The predicted octanol–water partition coefficient (Wildman–Crippen LogP) is 3.85. The normalized spacial score (nSPS) is 15.5. The van der Waals surface area contributed by atoms with Gasteiger partial charge in [0, 0.05) is 38.8 Å². The van der Waals surface area contributed by atoms with Gasteiger partial charge < -0.3 is 14.6 Å². The highest BCUT2D eigenvalue weighted by Crippen LogP contribution is 2.23. The zero-order chi connectivity index (χ0) is 22.1. The highest BCUT2D eigenvalue weighted by Gasteiger charge is 2.16. The first kappa shape index (κ1) is 23.0. The minimum atomic E-state index is -0.252. The van der Waals surface area contributed by atoms with Gasteiger partial charge in [-0.05, 0) is 29.7 Å². The van der Waals surface area contributed by atoms with E-state index in [0.717, 1.165) is 28.5 Å². The first-order valence-electron chi connectivity index (χ1n) is 10.2. The fourth-order valence-electron chi connectivity index (χ4n) is 3.24. The van der Waals surface area contributed by atoms with Gasteiger partial charge in [-0.15, -0.1) is 16.8 Å². The molecule has 0 saturated carbocycles. The number of nitrogens with zero attached hydrogens (tertiary/aromatic N) is 3. The van der Waals surface area contributed by atoms with E-state index in [1.54, 1.807) is 25.3 Å². The number of allylic oxidation sites excluding steroid dienone is 3. The summed E-state index contributed by atoms with van der Waals surface area (Å²) < 4.78 is 20.5. The minimum absolute atomic E-state index is 0.0154. The largest absolute Gasteiger partial charge is 0.377 e. The molecule has 31 heavy (non-hydrogen) atoms. The van der Waals surface area contributed by atoms with Crippen LogP contribution in [-0.2, 0) is 28.2 Å². The number of carbonyl (C=O) groups excluding carboxylic acids is 1. The van der Waals surface area contributed by atoms with E-state index in [4.69, 9.17) is 4.74 Å². The predicted molar refractivity (Wildman–Crippen MR) is 120 cm³/mol. The number of ether oxygens (including phenoxy) is 1. The van der Waals surface area contributed by atoms with Crippen molar-refractivity contribution < 1.29 is 13.9 Å². The van der Waals surface area contributed by atoms with Gasteiger partial charge in [0.25, 0.3) is 0 Å². The molecule has 6 nitrogen and oxygen atoms in total. The standard InChI is InChI=1S/C23H27FN4O2S/c1-3-14-28-21(26-27-23(28)31-16-17-8-10-19(24)11-9-17)12-13-22(29)25-15-18-6-4-5-7-20(18)30-2/h3-6,8-11,20H,1,7,12-16H2,2H3,(H,25,29). The number of thioether (sulfide) groups is 1. The number of halogens is 1. The summed E-state index contributed by atoms with van der Waals surface area (Å²) in [4.78, 5) is 12.4. The number of methoxy groups -OCH3 is 1. The molecule has 1 amide bonds. The van der Waals surface area contributed by atoms with Crippen LogP contribution in [0.2, 0.25) is 0 Å². The van der Waals surface area contributed by atoms with Crippen molar-refractivity contribution in [2.24, 2.45) is 0 Å². The lowest BCUT2D eigenvalue weighted by molar-refractivity contribution is -0.120. The monoisotopic (exact) mass is 442 g/mol. The number of amides is 1. The van der Waals surface area contributed by atoms with E-state index < -0.39 is 0 Å². The van der Waals surface area contributed by atoms with Gasteiger partial charge in [-0.1, -0.05) is 48.2 Å². The summed E-state index contributed by atoms with van der Waals surface area (Å²) in [5.41, 5.74) is 2.06. The van der Waals surface area contributed by atoms with Gasteiger partial charge in [-0.2, -0.15) is 0 Å². The van der Waals surface area contributed by atoms with Gasteiger partial charge >= 0.3 is 0 Å². The Morgan fingerprint density at radius 2 is 2.19 bits per heavy atom. The van der Waals surface area contributed by atoms with Crippen LogP contribution in [0.1, 0.15) is 24.2 Å². The smallest absolute Gasteiger partial charge is 0.220 e. The molecule has 0 radical (unpaired) electrons. The van der Waals surface area contributed by atoms with Gasteiger partial charge in [-0.25, -0.2) is 4.39 Å². The molecule has 164 valence electrons. The van der Waals surface area contributed by atoms with E-state index in [-0.39, 0.29) is 17.8 Å². The van der Waals surface area contributed by atoms with E-state index in [0.29, 0.717) is 31.7 Å². The Morgan fingerprint density at radius 1 is 1.39 bits per heavy atom. The summed E-state index contributed by atoms with van der Waals surface area (Å²) in [6.07, 6.45) is 9.45. The molecule has 1 aliphatic rings. The Bertz CT molecular complexity index is 953. The van der Waals surface area contributed by atoms with Crippen LogP contribution in [-0.4, -0.2) is 40.4 Å². The third-order valence-electron chi connectivity index (χ3n) is 4.95. The van der Waals surface area contributed by atoms with E-state index in [1.165, 1.54) is 23.9 Å². The molecule has 0 bridgehead atoms. The summed E-state index contributed by atoms with van der Waals surface area (Å²) in [6, 6.07) is 6.41. The highest BCUT2D eigenvalue weighted by molar-refractivity contribution is 7.98. The van der Waals surface area contributed by atoms with Crippen LogP contribution in [0.15, 0.2) is 65.9 Å². The number of benzene rings is 1. The lowest BCUT2D eigenvalue weighted by Crippen LogP contribution is -2.30. The SMILES string of the molecule is C=CCn1c(CCC(=O)NCC2=CC=CCC2OC)nnc1SCc1ccc(F)cc1. The van der Waals surface area contributed by atoms with Crippen molar-refractivity contribution in [1.29, 1.82) is 0 Å². The Hall–Kier alpha value is -2.71. The molecule has 0 aliphatic heterocycles. The van der Waals surface area contributed by atoms with Gasteiger partial charge in [-0.3, -0.25) is 4.79 Å². The molecule has 8 heteroatoms. The van der Waals surface area contributed by atoms with Crippen LogP contribution >= 0.6 is 11.8 Å². The average molecular weight is 443 g/mol. The summed E-state index contributed by atoms with van der Waals surface area (Å²) in [6.45, 7) is 4.84. The third kappa shape index (κ3) is 6.63. The average Bonchev–Trinajstić information content (AvgIpc) is 3.17. The number of nitrogens with one attached hydrogen (secondary N) is 1. The van der Waals surface area contributed by atoms with Gasteiger partial charge in [0.05, 0.1) is 6.10 Å². The summed E-state index contributed by atoms with van der Waals surface area (Å²) in [5, 5.41) is 12.3. The maximum Gasteiger partial charge on any atom is 0.220 e. The molecule has 1 aliphatic carbocycles. The lowest BCUT2D eigenvalue weighted by atomic mass is 10.0.